The van der Waals surface area contributed by atoms with Crippen molar-refractivity contribution >= 4 is 0 Å². The Balaban J connectivity index is 1.38. The third-order valence-corrected chi connectivity index (χ3v) is 10.2. The molecule has 5 heteroatoms. The fourth-order valence-electron chi connectivity index (χ4n) is 7.28. The van der Waals surface area contributed by atoms with Crippen molar-refractivity contribution in [2.75, 3.05) is 33.5 Å². The molecule has 5 rings (SSSR count). The molecule has 0 aliphatic heterocycles. The number of hydroxylamine groups is 2. The van der Waals surface area contributed by atoms with Crippen molar-refractivity contribution in [3.05, 3.63) is 142 Å². The van der Waals surface area contributed by atoms with E-state index in [4.69, 9.17) is 19.0 Å². The summed E-state index contributed by atoms with van der Waals surface area (Å²) in [6, 6.07) is 38.1. The van der Waals surface area contributed by atoms with Crippen LogP contribution in [0.15, 0.2) is 103 Å². The average Bonchev–Trinajstić information content (AvgIpc) is 3.11. The number of fused-ring (bicyclic) bond motifs is 1. The maximum absolute atomic E-state index is 7.43. The summed E-state index contributed by atoms with van der Waals surface area (Å²) in [5.41, 5.74) is 9.19. The Kier molecular flexibility index (Phi) is 14.5. The van der Waals surface area contributed by atoms with E-state index in [1.54, 1.807) is 7.11 Å². The van der Waals surface area contributed by atoms with E-state index >= 15 is 0 Å². The third kappa shape index (κ3) is 11.1. The van der Waals surface area contributed by atoms with Crippen LogP contribution in [0.1, 0.15) is 117 Å². The van der Waals surface area contributed by atoms with Gasteiger partial charge >= 0.3 is 0 Å². The summed E-state index contributed by atoms with van der Waals surface area (Å²) in [6.07, 6.45) is 4.13. The highest BCUT2D eigenvalue weighted by atomic mass is 16.7. The van der Waals surface area contributed by atoms with E-state index in [0.717, 1.165) is 19.3 Å². The Labute approximate surface area is 308 Å². The lowest BCUT2D eigenvalue weighted by atomic mass is 9.80. The maximum atomic E-state index is 7.43. The zero-order valence-electron chi connectivity index (χ0n) is 32.1. The summed E-state index contributed by atoms with van der Waals surface area (Å²) in [5, 5.41) is 2.31. The Bertz CT molecular complexity index is 1580. The van der Waals surface area contributed by atoms with E-state index in [-0.39, 0.29) is 17.7 Å². The number of ether oxygens (including phenoxy) is 3. The summed E-state index contributed by atoms with van der Waals surface area (Å²) in [4.78, 5) is 7.43. The lowest BCUT2D eigenvalue weighted by Crippen LogP contribution is -2.46. The minimum atomic E-state index is -0.221. The van der Waals surface area contributed by atoms with Gasteiger partial charge in [0.15, 0.2) is 0 Å². The number of hydrogen-bond donors (Lipinski definition) is 0. The first-order valence-corrected chi connectivity index (χ1v) is 19.0. The van der Waals surface area contributed by atoms with E-state index in [9.17, 15) is 0 Å². The molecule has 4 aromatic carbocycles. The predicted octanol–water partition coefficient (Wildman–Crippen LogP) is 10.8. The topological polar surface area (TPSA) is 40.2 Å². The van der Waals surface area contributed by atoms with Gasteiger partial charge in [0, 0.05) is 12.6 Å². The number of methoxy groups -OCH3 is 1. The molecule has 4 atom stereocenters. The molecular formula is C46H61NO4. The Morgan fingerprint density at radius 1 is 0.627 bits per heavy atom. The van der Waals surface area contributed by atoms with Crippen LogP contribution in [0.2, 0.25) is 0 Å². The number of hydrogen-bond acceptors (Lipinski definition) is 5. The van der Waals surface area contributed by atoms with Crippen molar-refractivity contribution in [2.24, 2.45) is 5.92 Å². The van der Waals surface area contributed by atoms with Gasteiger partial charge in [0.2, 0.25) is 0 Å². The van der Waals surface area contributed by atoms with Crippen molar-refractivity contribution in [2.45, 2.75) is 103 Å². The van der Waals surface area contributed by atoms with Crippen molar-refractivity contribution in [1.82, 2.24) is 5.06 Å². The molecule has 0 saturated heterocycles. The zero-order valence-corrected chi connectivity index (χ0v) is 32.1. The van der Waals surface area contributed by atoms with Gasteiger partial charge in [-0.15, -0.1) is 0 Å². The molecule has 1 aliphatic rings. The zero-order chi connectivity index (χ0) is 36.2. The molecule has 5 nitrogen and oxygen atoms in total. The number of nitrogens with zero attached hydrogens (tertiary/aromatic N) is 1. The first kappa shape index (κ1) is 38.9. The highest BCUT2D eigenvalue weighted by molar-refractivity contribution is 5.40. The number of rotatable bonds is 20. The van der Waals surface area contributed by atoms with Gasteiger partial charge in [-0.05, 0) is 103 Å². The molecule has 0 aromatic heterocycles. The van der Waals surface area contributed by atoms with E-state index in [2.05, 4.69) is 150 Å². The van der Waals surface area contributed by atoms with Gasteiger partial charge in [-0.2, -0.15) is 5.06 Å². The van der Waals surface area contributed by atoms with E-state index < -0.39 is 0 Å². The van der Waals surface area contributed by atoms with Crippen molar-refractivity contribution in [3.8, 4) is 0 Å². The molecule has 0 heterocycles. The molecule has 4 aromatic rings. The molecule has 51 heavy (non-hydrogen) atoms. The van der Waals surface area contributed by atoms with Crippen LogP contribution in [0.3, 0.4) is 0 Å². The second-order valence-corrected chi connectivity index (χ2v) is 15.6. The fraction of sp³-hybridized carbons (Fsp3) is 0.478. The van der Waals surface area contributed by atoms with Crippen LogP contribution in [0.5, 0.6) is 0 Å². The lowest BCUT2D eigenvalue weighted by molar-refractivity contribution is -0.278. The molecule has 0 radical (unpaired) electrons. The van der Waals surface area contributed by atoms with E-state index in [1.165, 1.54) is 45.4 Å². The molecular weight excluding hydrogens is 631 g/mol. The van der Waals surface area contributed by atoms with Gasteiger partial charge in [0.1, 0.15) is 6.10 Å². The third-order valence-electron chi connectivity index (χ3n) is 10.2. The Morgan fingerprint density at radius 3 is 1.82 bits per heavy atom. The molecule has 0 N–H and O–H groups in total. The molecule has 274 valence electrons. The van der Waals surface area contributed by atoms with Gasteiger partial charge in [0.05, 0.1) is 39.1 Å². The summed E-state index contributed by atoms with van der Waals surface area (Å²) >= 11 is 0. The maximum Gasteiger partial charge on any atom is 0.105 e. The van der Waals surface area contributed by atoms with Gasteiger partial charge in [-0.1, -0.05) is 124 Å². The van der Waals surface area contributed by atoms with Crippen molar-refractivity contribution in [1.29, 1.82) is 0 Å². The van der Waals surface area contributed by atoms with Crippen LogP contribution >= 0.6 is 0 Å². The SMILES string of the molecule is COCCOCCOCc1ccc(C(C)CC(CC(ON(C(c2ccccc2)C(C)C)C(C)(C)C)c2ccc3c(c2)CC3)c2ccccc2)cc1. The molecule has 0 saturated carbocycles. The normalized spacial score (nSPS) is 15.3. The van der Waals surface area contributed by atoms with Gasteiger partial charge in [-0.3, -0.25) is 4.84 Å². The molecule has 0 amide bonds. The molecule has 1 aliphatic carbocycles. The van der Waals surface area contributed by atoms with Crippen LogP contribution in [0.4, 0.5) is 0 Å². The summed E-state index contributed by atoms with van der Waals surface area (Å²) in [5.74, 6) is 1.02. The van der Waals surface area contributed by atoms with Crippen LogP contribution in [0.25, 0.3) is 0 Å². The van der Waals surface area contributed by atoms with E-state index in [1.807, 2.05) is 0 Å². The highest BCUT2D eigenvalue weighted by Gasteiger charge is 2.37. The molecule has 0 spiro atoms. The monoisotopic (exact) mass is 691 g/mol. The second kappa shape index (κ2) is 19.0. The van der Waals surface area contributed by atoms with Crippen LogP contribution in [-0.2, 0) is 38.5 Å². The first-order valence-electron chi connectivity index (χ1n) is 19.0. The summed E-state index contributed by atoms with van der Waals surface area (Å²) in [7, 11) is 1.68. The minimum Gasteiger partial charge on any atom is -0.382 e. The summed E-state index contributed by atoms with van der Waals surface area (Å²) in [6.45, 7) is 16.8. The van der Waals surface area contributed by atoms with Gasteiger partial charge in [0.25, 0.3) is 0 Å². The first-order chi connectivity index (χ1) is 24.6. The average molecular weight is 692 g/mol. The Morgan fingerprint density at radius 2 is 1.24 bits per heavy atom. The largest absolute Gasteiger partial charge is 0.382 e. The Hall–Kier alpha value is -3.32. The number of benzene rings is 4. The molecule has 0 bridgehead atoms. The standard InChI is InChI=1S/C46H61NO4/c1-34(2)45(40-16-12-9-13-17-40)47(46(4,5)6)51-44(42-25-23-39-22-24-41(39)31-42)32-43(38-14-10-8-11-15-38)30-35(3)37-20-18-36(19-21-37)33-50-29-28-49-27-26-48-7/h8-21,23,25,31,34-35,43-45H,22,24,26-30,32-33H2,1-7H3. The van der Waals surface area contributed by atoms with Crippen molar-refractivity contribution in [3.63, 3.8) is 0 Å². The van der Waals surface area contributed by atoms with Crippen LogP contribution in [-0.4, -0.2) is 44.1 Å². The molecule has 4 unspecified atom stereocenters. The quantitative estimate of drug-likeness (QED) is 0.0681. The van der Waals surface area contributed by atoms with Gasteiger partial charge in [-0.25, -0.2) is 0 Å². The second-order valence-electron chi connectivity index (χ2n) is 15.6. The van der Waals surface area contributed by atoms with Crippen molar-refractivity contribution < 1.29 is 19.0 Å². The molecule has 0 fully saturated rings. The van der Waals surface area contributed by atoms with E-state index in [0.29, 0.717) is 50.8 Å². The lowest BCUT2D eigenvalue weighted by Gasteiger charge is -2.45. The number of aryl methyl sites for hydroxylation is 2. The predicted molar refractivity (Wildman–Crippen MR) is 209 cm³/mol. The minimum absolute atomic E-state index is 0.101. The van der Waals surface area contributed by atoms with Crippen LogP contribution in [0, 0.1) is 5.92 Å². The van der Waals surface area contributed by atoms with Gasteiger partial charge < -0.3 is 14.2 Å². The summed E-state index contributed by atoms with van der Waals surface area (Å²) < 4.78 is 16.4. The highest BCUT2D eigenvalue weighted by Crippen LogP contribution is 2.43. The van der Waals surface area contributed by atoms with Crippen LogP contribution < -0.4 is 0 Å². The fourth-order valence-corrected chi connectivity index (χ4v) is 7.28. The smallest absolute Gasteiger partial charge is 0.105 e.